The minimum absolute atomic E-state index is 0.143. The first-order valence-electron chi connectivity index (χ1n) is 4.14. The molecule has 0 aliphatic carbocycles. The molecule has 1 N–H and O–H groups in total. The molecule has 0 spiro atoms. The van der Waals surface area contributed by atoms with Gasteiger partial charge in [-0.2, -0.15) is 0 Å². The van der Waals surface area contributed by atoms with Gasteiger partial charge in [0, 0.05) is 5.56 Å². The van der Waals surface area contributed by atoms with Crippen molar-refractivity contribution in [2.24, 2.45) is 0 Å². The van der Waals surface area contributed by atoms with Crippen molar-refractivity contribution in [2.75, 3.05) is 0 Å². The summed E-state index contributed by atoms with van der Waals surface area (Å²) in [7, 11) is 0. The van der Waals surface area contributed by atoms with Gasteiger partial charge >= 0.3 is 5.97 Å². The highest BCUT2D eigenvalue weighted by Crippen LogP contribution is 2.34. The Labute approximate surface area is 76.0 Å². The molecule has 1 aromatic rings. The minimum Gasteiger partial charge on any atom is -0.508 e. The van der Waals surface area contributed by atoms with Gasteiger partial charge in [0.1, 0.15) is 11.9 Å². The summed E-state index contributed by atoms with van der Waals surface area (Å²) in [6, 6.07) is 3.26. The van der Waals surface area contributed by atoms with Crippen molar-refractivity contribution in [1.82, 2.24) is 0 Å². The maximum absolute atomic E-state index is 11.2. The number of phenols is 1. The van der Waals surface area contributed by atoms with E-state index in [4.69, 9.17) is 4.74 Å². The number of carbonyl (C=O) groups is 1. The summed E-state index contributed by atoms with van der Waals surface area (Å²) in [5.41, 5.74) is 2.11. The zero-order valence-corrected chi connectivity index (χ0v) is 7.50. The third-order valence-electron chi connectivity index (χ3n) is 2.31. The predicted molar refractivity (Wildman–Crippen MR) is 46.7 cm³/mol. The molecule has 3 nitrogen and oxygen atoms in total. The van der Waals surface area contributed by atoms with E-state index in [0.717, 1.165) is 11.1 Å². The minimum atomic E-state index is -0.349. The lowest BCUT2D eigenvalue weighted by molar-refractivity contribution is 0.0421. The fraction of sp³-hybridized carbons (Fsp3) is 0.300. The number of fused-ring (bicyclic) bond motifs is 1. The molecule has 1 heterocycles. The molecule has 1 aliphatic rings. The first-order chi connectivity index (χ1) is 6.09. The molecule has 0 amide bonds. The van der Waals surface area contributed by atoms with Crippen molar-refractivity contribution >= 4 is 5.97 Å². The van der Waals surface area contributed by atoms with Crippen LogP contribution in [0.5, 0.6) is 5.75 Å². The van der Waals surface area contributed by atoms with E-state index in [2.05, 4.69) is 0 Å². The molecule has 0 saturated heterocycles. The molecule has 13 heavy (non-hydrogen) atoms. The zero-order chi connectivity index (χ0) is 9.59. The van der Waals surface area contributed by atoms with E-state index in [9.17, 15) is 9.90 Å². The van der Waals surface area contributed by atoms with Crippen LogP contribution in [0.3, 0.4) is 0 Å². The smallest absolute Gasteiger partial charge is 0.339 e. The van der Waals surface area contributed by atoms with Crippen LogP contribution in [0.1, 0.15) is 34.5 Å². The fourth-order valence-corrected chi connectivity index (χ4v) is 1.52. The molecule has 1 aliphatic heterocycles. The highest BCUT2D eigenvalue weighted by Gasteiger charge is 2.28. The van der Waals surface area contributed by atoms with Crippen molar-refractivity contribution in [1.29, 1.82) is 0 Å². The number of benzene rings is 1. The van der Waals surface area contributed by atoms with Crippen LogP contribution in [0.15, 0.2) is 12.1 Å². The van der Waals surface area contributed by atoms with Crippen LogP contribution in [0.4, 0.5) is 0 Å². The van der Waals surface area contributed by atoms with Crippen molar-refractivity contribution < 1.29 is 14.6 Å². The molecular formula is C10H10O3. The number of aryl methyl sites for hydroxylation is 1. The third kappa shape index (κ3) is 1.08. The summed E-state index contributed by atoms with van der Waals surface area (Å²) in [4.78, 5) is 11.2. The third-order valence-corrected chi connectivity index (χ3v) is 2.31. The quantitative estimate of drug-likeness (QED) is 0.617. The van der Waals surface area contributed by atoms with E-state index in [1.54, 1.807) is 13.0 Å². The van der Waals surface area contributed by atoms with Crippen molar-refractivity contribution in [2.45, 2.75) is 20.0 Å². The molecule has 1 aromatic carbocycles. The summed E-state index contributed by atoms with van der Waals surface area (Å²) in [5.74, 6) is -0.206. The van der Waals surface area contributed by atoms with Crippen LogP contribution < -0.4 is 0 Å². The second-order valence-electron chi connectivity index (χ2n) is 3.27. The molecule has 0 radical (unpaired) electrons. The maximum atomic E-state index is 11.2. The van der Waals surface area contributed by atoms with E-state index < -0.39 is 0 Å². The number of rotatable bonds is 0. The number of esters is 1. The molecule has 1 unspecified atom stereocenters. The van der Waals surface area contributed by atoms with Gasteiger partial charge in [-0.3, -0.25) is 0 Å². The Bertz CT molecular complexity index is 382. The number of phenolic OH excluding ortho intramolecular Hbond substituents is 1. The van der Waals surface area contributed by atoms with Crippen LogP contribution in [0, 0.1) is 6.92 Å². The Morgan fingerprint density at radius 3 is 2.85 bits per heavy atom. The first kappa shape index (κ1) is 8.10. The Kier molecular flexibility index (Phi) is 1.55. The van der Waals surface area contributed by atoms with Gasteiger partial charge < -0.3 is 9.84 Å². The van der Waals surface area contributed by atoms with E-state index in [-0.39, 0.29) is 17.8 Å². The average molecular weight is 178 g/mol. The van der Waals surface area contributed by atoms with E-state index >= 15 is 0 Å². The van der Waals surface area contributed by atoms with Crippen molar-refractivity contribution in [3.05, 3.63) is 28.8 Å². The predicted octanol–water partition coefficient (Wildman–Crippen LogP) is 1.93. The summed E-state index contributed by atoms with van der Waals surface area (Å²) in [5, 5.41) is 9.38. The first-order valence-corrected chi connectivity index (χ1v) is 4.14. The Hall–Kier alpha value is -1.51. The molecule has 0 bridgehead atoms. The van der Waals surface area contributed by atoms with Gasteiger partial charge in [-0.25, -0.2) is 4.79 Å². The molecule has 2 rings (SSSR count). The van der Waals surface area contributed by atoms with Gasteiger partial charge in [0.2, 0.25) is 0 Å². The fourth-order valence-electron chi connectivity index (χ4n) is 1.52. The monoisotopic (exact) mass is 178 g/mol. The molecule has 0 aromatic heterocycles. The van der Waals surface area contributed by atoms with Crippen molar-refractivity contribution in [3.63, 3.8) is 0 Å². The number of cyclic esters (lactones) is 1. The summed E-state index contributed by atoms with van der Waals surface area (Å²) < 4.78 is 4.99. The summed E-state index contributed by atoms with van der Waals surface area (Å²) >= 11 is 0. The van der Waals surface area contributed by atoms with Gasteiger partial charge in [-0.05, 0) is 31.5 Å². The lowest BCUT2D eigenvalue weighted by Crippen LogP contribution is -1.94. The lowest BCUT2D eigenvalue weighted by Gasteiger charge is -2.03. The Balaban J connectivity index is 2.65. The number of aromatic hydroxyl groups is 1. The number of carbonyl (C=O) groups excluding carboxylic acids is 1. The van der Waals surface area contributed by atoms with Gasteiger partial charge in [-0.15, -0.1) is 0 Å². The van der Waals surface area contributed by atoms with Crippen LogP contribution in [-0.2, 0) is 4.74 Å². The molecule has 68 valence electrons. The average Bonchev–Trinajstić information content (AvgIpc) is 2.31. The van der Waals surface area contributed by atoms with E-state index in [1.807, 2.05) is 6.92 Å². The number of hydrogen-bond donors (Lipinski definition) is 1. The molecule has 3 heteroatoms. The number of hydrogen-bond acceptors (Lipinski definition) is 3. The highest BCUT2D eigenvalue weighted by atomic mass is 16.5. The highest BCUT2D eigenvalue weighted by molar-refractivity contribution is 5.94. The summed E-state index contributed by atoms with van der Waals surface area (Å²) in [6.45, 7) is 3.62. The topological polar surface area (TPSA) is 46.5 Å². The van der Waals surface area contributed by atoms with Crippen LogP contribution >= 0.6 is 0 Å². The Morgan fingerprint density at radius 2 is 2.15 bits per heavy atom. The lowest BCUT2D eigenvalue weighted by atomic mass is 10.0. The summed E-state index contributed by atoms with van der Waals surface area (Å²) in [6.07, 6.45) is -0.193. The van der Waals surface area contributed by atoms with Gasteiger partial charge in [0.15, 0.2) is 0 Å². The van der Waals surface area contributed by atoms with Crippen LogP contribution in [-0.4, -0.2) is 11.1 Å². The van der Waals surface area contributed by atoms with Crippen LogP contribution in [0.2, 0.25) is 0 Å². The standard InChI is InChI=1S/C10H10O3/c1-5-3-7-6(2)13-10(12)8(7)4-9(5)11/h3-4,6,11H,1-2H3. The van der Waals surface area contributed by atoms with E-state index in [1.165, 1.54) is 6.07 Å². The van der Waals surface area contributed by atoms with Gasteiger partial charge in [0.25, 0.3) is 0 Å². The zero-order valence-electron chi connectivity index (χ0n) is 7.50. The number of ether oxygens (including phenoxy) is 1. The molecular weight excluding hydrogens is 168 g/mol. The second-order valence-corrected chi connectivity index (χ2v) is 3.27. The SMILES string of the molecule is Cc1cc2c(cc1O)C(=O)OC2C. The van der Waals surface area contributed by atoms with E-state index in [0.29, 0.717) is 5.56 Å². The second kappa shape index (κ2) is 2.49. The molecule has 0 fully saturated rings. The molecule has 1 atom stereocenters. The molecule has 0 saturated carbocycles. The van der Waals surface area contributed by atoms with Gasteiger partial charge in [-0.1, -0.05) is 0 Å². The normalized spacial score (nSPS) is 19.8. The maximum Gasteiger partial charge on any atom is 0.339 e. The van der Waals surface area contributed by atoms with Crippen molar-refractivity contribution in [3.8, 4) is 5.75 Å². The van der Waals surface area contributed by atoms with Crippen LogP contribution in [0.25, 0.3) is 0 Å². The van der Waals surface area contributed by atoms with Gasteiger partial charge in [0.05, 0.1) is 5.56 Å². The Morgan fingerprint density at radius 1 is 1.46 bits per heavy atom. The largest absolute Gasteiger partial charge is 0.508 e.